The van der Waals surface area contributed by atoms with Crippen LogP contribution in [-0.2, 0) is 19.0 Å². The maximum Gasteiger partial charge on any atom is 0.338 e. The highest BCUT2D eigenvalue weighted by molar-refractivity contribution is 5.90. The fourth-order valence-corrected chi connectivity index (χ4v) is 4.52. The molecule has 2 bridgehead atoms. The molecular formula is C24H25NO6. The fraction of sp³-hybridized carbons (Fsp3) is 0.375. The molecule has 31 heavy (non-hydrogen) atoms. The van der Waals surface area contributed by atoms with Gasteiger partial charge in [0.1, 0.15) is 6.10 Å². The summed E-state index contributed by atoms with van der Waals surface area (Å²) in [6, 6.07) is 17.1. The van der Waals surface area contributed by atoms with Gasteiger partial charge in [-0.25, -0.2) is 9.59 Å². The number of piperidine rings is 1. The number of benzene rings is 2. The molecule has 0 N–H and O–H groups in total. The molecule has 2 aliphatic heterocycles. The highest BCUT2D eigenvalue weighted by Crippen LogP contribution is 2.40. The second-order valence-corrected chi connectivity index (χ2v) is 7.97. The predicted octanol–water partition coefficient (Wildman–Crippen LogP) is 2.85. The Labute approximate surface area is 180 Å². The second-order valence-electron chi connectivity index (χ2n) is 7.97. The number of ether oxygens (including phenoxy) is 3. The van der Waals surface area contributed by atoms with Crippen LogP contribution in [0, 0.1) is 0 Å². The first kappa shape index (κ1) is 21.1. The van der Waals surface area contributed by atoms with Crippen molar-refractivity contribution in [2.24, 2.45) is 0 Å². The molecule has 0 saturated carbocycles. The van der Waals surface area contributed by atoms with Crippen LogP contribution in [0.2, 0.25) is 0 Å². The van der Waals surface area contributed by atoms with Crippen molar-refractivity contribution in [3.05, 3.63) is 71.8 Å². The van der Waals surface area contributed by atoms with Gasteiger partial charge in [0.15, 0.2) is 12.2 Å². The molecule has 5 atom stereocenters. The van der Waals surface area contributed by atoms with Crippen LogP contribution >= 0.6 is 0 Å². The average Bonchev–Trinajstić information content (AvgIpc) is 2.90. The summed E-state index contributed by atoms with van der Waals surface area (Å²) in [6.07, 6.45) is -0.663. The van der Waals surface area contributed by atoms with Gasteiger partial charge in [0.05, 0.1) is 23.2 Å². The van der Waals surface area contributed by atoms with E-state index in [4.69, 9.17) is 14.2 Å². The van der Waals surface area contributed by atoms with Crippen molar-refractivity contribution in [2.75, 3.05) is 7.05 Å². The average molecular weight is 423 g/mol. The number of hydrogen-bond donors (Lipinski definition) is 0. The molecule has 2 saturated heterocycles. The number of hydrogen-bond acceptors (Lipinski definition) is 7. The molecule has 7 heteroatoms. The van der Waals surface area contributed by atoms with E-state index in [0.29, 0.717) is 24.0 Å². The van der Waals surface area contributed by atoms with Gasteiger partial charge >= 0.3 is 17.9 Å². The Balaban J connectivity index is 1.52. The fourth-order valence-electron chi connectivity index (χ4n) is 4.52. The van der Waals surface area contributed by atoms with Crippen LogP contribution < -0.4 is 0 Å². The van der Waals surface area contributed by atoms with Gasteiger partial charge in [-0.2, -0.15) is 0 Å². The van der Waals surface area contributed by atoms with Crippen molar-refractivity contribution in [1.82, 2.24) is 4.90 Å². The predicted molar refractivity (Wildman–Crippen MR) is 111 cm³/mol. The monoisotopic (exact) mass is 423 g/mol. The van der Waals surface area contributed by atoms with E-state index in [0.717, 1.165) is 0 Å². The van der Waals surface area contributed by atoms with Crippen molar-refractivity contribution in [3.63, 3.8) is 0 Å². The van der Waals surface area contributed by atoms with E-state index in [2.05, 4.69) is 4.90 Å². The van der Waals surface area contributed by atoms with Gasteiger partial charge in [0, 0.05) is 19.8 Å². The van der Waals surface area contributed by atoms with Crippen molar-refractivity contribution < 1.29 is 28.6 Å². The second kappa shape index (κ2) is 8.89. The zero-order chi connectivity index (χ0) is 22.0. The van der Waals surface area contributed by atoms with Gasteiger partial charge in [-0.1, -0.05) is 36.4 Å². The van der Waals surface area contributed by atoms with E-state index in [9.17, 15) is 14.4 Å². The highest BCUT2D eigenvalue weighted by atomic mass is 16.6. The summed E-state index contributed by atoms with van der Waals surface area (Å²) in [4.78, 5) is 39.1. The molecule has 0 unspecified atom stereocenters. The van der Waals surface area contributed by atoms with E-state index in [1.807, 2.05) is 19.2 Å². The molecule has 0 aliphatic carbocycles. The van der Waals surface area contributed by atoms with Crippen molar-refractivity contribution >= 4 is 17.9 Å². The number of likely N-dealkylation sites (N-methyl/N-ethyl adjacent to an activating group) is 1. The standard InChI is InChI=1S/C24H25NO6/c1-15(26)29-21-19-13-18(30-23(27)16-9-5-3-6-10-16)14-20(25(19)2)22(21)31-24(28)17-11-7-4-8-12-17/h3-12,18-22H,13-14H2,1-2H3/t18-,19+,20-,21+,22-/m1/s1. The molecule has 2 fully saturated rings. The Morgan fingerprint density at radius 2 is 1.19 bits per heavy atom. The molecule has 0 aromatic heterocycles. The number of fused-ring (bicyclic) bond motifs is 2. The highest BCUT2D eigenvalue weighted by Gasteiger charge is 2.56. The van der Waals surface area contributed by atoms with Crippen molar-refractivity contribution in [2.45, 2.75) is 50.2 Å². The van der Waals surface area contributed by atoms with Gasteiger partial charge in [0.25, 0.3) is 0 Å². The summed E-state index contributed by atoms with van der Waals surface area (Å²) in [6.45, 7) is 1.34. The number of rotatable bonds is 5. The van der Waals surface area contributed by atoms with Gasteiger partial charge in [-0.15, -0.1) is 0 Å². The molecule has 7 nitrogen and oxygen atoms in total. The molecule has 2 heterocycles. The molecular weight excluding hydrogens is 398 g/mol. The maximum absolute atomic E-state index is 12.7. The maximum atomic E-state index is 12.7. The third-order valence-corrected chi connectivity index (χ3v) is 5.98. The van der Waals surface area contributed by atoms with E-state index < -0.39 is 30.1 Å². The summed E-state index contributed by atoms with van der Waals surface area (Å²) in [5, 5.41) is 0. The lowest BCUT2D eigenvalue weighted by molar-refractivity contribution is -0.152. The van der Waals surface area contributed by atoms with Crippen LogP contribution in [0.3, 0.4) is 0 Å². The number of nitrogens with zero attached hydrogens (tertiary/aromatic N) is 1. The smallest absolute Gasteiger partial charge is 0.338 e. The molecule has 0 spiro atoms. The lowest BCUT2D eigenvalue weighted by Gasteiger charge is -2.36. The summed E-state index contributed by atoms with van der Waals surface area (Å²) in [7, 11) is 1.91. The third-order valence-electron chi connectivity index (χ3n) is 5.98. The molecule has 2 aromatic rings. The molecule has 0 amide bonds. The Morgan fingerprint density at radius 3 is 1.68 bits per heavy atom. The Kier molecular flexibility index (Phi) is 6.04. The van der Waals surface area contributed by atoms with E-state index in [-0.39, 0.29) is 18.2 Å². The van der Waals surface area contributed by atoms with Crippen LogP contribution in [0.25, 0.3) is 0 Å². The lowest BCUT2D eigenvalue weighted by Crippen LogP contribution is -2.46. The van der Waals surface area contributed by atoms with E-state index in [1.54, 1.807) is 48.5 Å². The van der Waals surface area contributed by atoms with Crippen LogP contribution in [0.4, 0.5) is 0 Å². The summed E-state index contributed by atoms with van der Waals surface area (Å²) in [5.74, 6) is -1.30. The number of carbonyl (C=O) groups excluding carboxylic acids is 3. The normalized spacial score (nSPS) is 27.4. The van der Waals surface area contributed by atoms with Gasteiger partial charge in [0.2, 0.25) is 0 Å². The van der Waals surface area contributed by atoms with Gasteiger partial charge < -0.3 is 14.2 Å². The Hall–Kier alpha value is -3.19. The lowest BCUT2D eigenvalue weighted by atomic mass is 10.00. The third kappa shape index (κ3) is 4.46. The first-order chi connectivity index (χ1) is 14.9. The van der Waals surface area contributed by atoms with Crippen LogP contribution in [0.1, 0.15) is 40.5 Å². The van der Waals surface area contributed by atoms with Crippen LogP contribution in [0.5, 0.6) is 0 Å². The van der Waals surface area contributed by atoms with Gasteiger partial charge in [-0.05, 0) is 31.3 Å². The van der Waals surface area contributed by atoms with E-state index in [1.165, 1.54) is 6.92 Å². The first-order valence-corrected chi connectivity index (χ1v) is 10.3. The van der Waals surface area contributed by atoms with Crippen LogP contribution in [-0.4, -0.2) is 60.3 Å². The van der Waals surface area contributed by atoms with Crippen molar-refractivity contribution in [1.29, 1.82) is 0 Å². The van der Waals surface area contributed by atoms with Gasteiger partial charge in [-0.3, -0.25) is 9.69 Å². The minimum Gasteiger partial charge on any atom is -0.459 e. The Bertz CT molecular complexity index is 947. The molecule has 2 aliphatic rings. The topological polar surface area (TPSA) is 82.1 Å². The minimum absolute atomic E-state index is 0.218. The van der Waals surface area contributed by atoms with Crippen LogP contribution in [0.15, 0.2) is 60.7 Å². The van der Waals surface area contributed by atoms with E-state index >= 15 is 0 Å². The number of carbonyl (C=O) groups is 3. The van der Waals surface area contributed by atoms with Crippen molar-refractivity contribution in [3.8, 4) is 0 Å². The summed E-state index contributed by atoms with van der Waals surface area (Å²) in [5.41, 5.74) is 0.914. The molecule has 162 valence electrons. The first-order valence-electron chi connectivity index (χ1n) is 10.3. The molecule has 0 radical (unpaired) electrons. The SMILES string of the molecule is CC(=O)O[C@@H]1[C@H](OC(=O)c2ccccc2)[C@H]2C[C@H](OC(=O)c3ccccc3)C[C@@H]1N2C. The molecule has 2 aromatic carbocycles. The Morgan fingerprint density at radius 1 is 0.742 bits per heavy atom. The zero-order valence-corrected chi connectivity index (χ0v) is 17.5. The zero-order valence-electron chi connectivity index (χ0n) is 17.5. The summed E-state index contributed by atoms with van der Waals surface area (Å²) >= 11 is 0. The number of esters is 3. The largest absolute Gasteiger partial charge is 0.459 e. The minimum atomic E-state index is -0.646. The summed E-state index contributed by atoms with van der Waals surface area (Å²) < 4.78 is 17.2. The molecule has 4 rings (SSSR count). The quantitative estimate of drug-likeness (QED) is 0.540.